The molecule has 1 saturated carbocycles. The van der Waals surface area contributed by atoms with Crippen molar-refractivity contribution in [3.8, 4) is 0 Å². The predicted molar refractivity (Wildman–Crippen MR) is 83.5 cm³/mol. The zero-order valence-corrected chi connectivity index (χ0v) is 12.5. The first-order valence-electron chi connectivity index (χ1n) is 7.58. The van der Waals surface area contributed by atoms with E-state index in [1.165, 1.54) is 0 Å². The molecule has 0 bridgehead atoms. The van der Waals surface area contributed by atoms with Crippen LogP contribution >= 0.6 is 0 Å². The van der Waals surface area contributed by atoms with Crippen LogP contribution in [0.15, 0.2) is 23.5 Å². The van der Waals surface area contributed by atoms with E-state index in [0.29, 0.717) is 12.0 Å². The highest BCUT2D eigenvalue weighted by Crippen LogP contribution is 2.18. The van der Waals surface area contributed by atoms with Crippen LogP contribution in [0.5, 0.6) is 0 Å². The molecular formula is C14H21N7O. The fraction of sp³-hybridized carbons (Fsp3) is 0.571. The average Bonchev–Trinajstić information content (AvgIpc) is 3.37. The quantitative estimate of drug-likeness (QED) is 0.557. The number of piperazine rings is 1. The van der Waals surface area contributed by atoms with Crippen molar-refractivity contribution in [2.75, 3.05) is 37.6 Å². The van der Waals surface area contributed by atoms with Crippen molar-refractivity contribution < 1.29 is 4.79 Å². The van der Waals surface area contributed by atoms with Crippen LogP contribution < -0.4 is 16.0 Å². The van der Waals surface area contributed by atoms with Crippen LogP contribution in [0.1, 0.15) is 12.8 Å². The number of rotatable bonds is 4. The maximum absolute atomic E-state index is 11.6. The number of amides is 1. The Morgan fingerprint density at radius 1 is 1.27 bits per heavy atom. The first kappa shape index (κ1) is 14.6. The molecule has 1 aromatic rings. The number of nitrogens with one attached hydrogen (secondary N) is 1. The number of hydrogen-bond acceptors (Lipinski definition) is 5. The second kappa shape index (κ2) is 6.59. The molecule has 22 heavy (non-hydrogen) atoms. The van der Waals surface area contributed by atoms with Crippen molar-refractivity contribution in [1.29, 1.82) is 0 Å². The molecule has 1 aromatic heterocycles. The summed E-state index contributed by atoms with van der Waals surface area (Å²) >= 11 is 0. The van der Waals surface area contributed by atoms with Gasteiger partial charge in [0.2, 0.25) is 11.9 Å². The van der Waals surface area contributed by atoms with Crippen LogP contribution in [0.3, 0.4) is 0 Å². The van der Waals surface area contributed by atoms with Crippen LogP contribution in [-0.2, 0) is 4.79 Å². The number of hydrogen-bond donors (Lipinski definition) is 2. The summed E-state index contributed by atoms with van der Waals surface area (Å²) in [5.41, 5.74) is 5.97. The van der Waals surface area contributed by atoms with E-state index >= 15 is 0 Å². The molecule has 8 nitrogen and oxygen atoms in total. The third-order valence-corrected chi connectivity index (χ3v) is 3.77. The van der Waals surface area contributed by atoms with Crippen molar-refractivity contribution in [3.05, 3.63) is 18.5 Å². The van der Waals surface area contributed by atoms with Gasteiger partial charge in [-0.2, -0.15) is 0 Å². The standard InChI is InChI=1S/C14H21N7O/c15-13(18-10-12(22)19-11-2-3-11)20-6-8-21(9-7-20)14-16-4-1-5-17-14/h1,4-5,11H,2-3,6-10H2,(H2,15,18)(H,19,22). The smallest absolute Gasteiger partial charge is 0.242 e. The molecule has 0 spiro atoms. The summed E-state index contributed by atoms with van der Waals surface area (Å²) < 4.78 is 0. The molecule has 3 rings (SSSR count). The Morgan fingerprint density at radius 2 is 1.95 bits per heavy atom. The minimum absolute atomic E-state index is 0.0539. The number of anilines is 1. The normalized spacial score (nSPS) is 19.2. The monoisotopic (exact) mass is 303 g/mol. The molecule has 1 amide bonds. The van der Waals surface area contributed by atoms with E-state index in [0.717, 1.165) is 45.0 Å². The molecule has 0 unspecified atom stereocenters. The van der Waals surface area contributed by atoms with Gasteiger partial charge in [-0.1, -0.05) is 0 Å². The molecule has 2 heterocycles. The van der Waals surface area contributed by atoms with Gasteiger partial charge in [0.05, 0.1) is 0 Å². The van der Waals surface area contributed by atoms with Crippen LogP contribution in [0, 0.1) is 0 Å². The van der Waals surface area contributed by atoms with Crippen LogP contribution in [0.4, 0.5) is 5.95 Å². The molecule has 0 radical (unpaired) electrons. The predicted octanol–water partition coefficient (Wildman–Crippen LogP) is -0.808. The number of carbonyl (C=O) groups excluding carboxylic acids is 1. The van der Waals surface area contributed by atoms with Gasteiger partial charge < -0.3 is 20.9 Å². The minimum Gasteiger partial charge on any atom is -0.370 e. The van der Waals surface area contributed by atoms with Gasteiger partial charge in [-0.25, -0.2) is 15.0 Å². The molecular weight excluding hydrogens is 282 g/mol. The topological polar surface area (TPSA) is 99.7 Å². The molecule has 0 atom stereocenters. The number of carbonyl (C=O) groups is 1. The Labute approximate surface area is 129 Å². The van der Waals surface area contributed by atoms with Crippen molar-refractivity contribution >= 4 is 17.8 Å². The zero-order chi connectivity index (χ0) is 15.4. The van der Waals surface area contributed by atoms with Crippen molar-refractivity contribution in [2.45, 2.75) is 18.9 Å². The number of nitrogens with zero attached hydrogens (tertiary/aromatic N) is 5. The maximum Gasteiger partial charge on any atom is 0.242 e. The van der Waals surface area contributed by atoms with Gasteiger partial charge in [0.25, 0.3) is 0 Å². The highest BCUT2D eigenvalue weighted by atomic mass is 16.2. The Balaban J connectivity index is 1.46. The second-order valence-corrected chi connectivity index (χ2v) is 5.54. The number of guanidine groups is 1. The summed E-state index contributed by atoms with van der Waals surface area (Å²) in [6, 6.07) is 2.16. The average molecular weight is 303 g/mol. The number of nitrogens with two attached hydrogens (primary N) is 1. The van der Waals surface area contributed by atoms with Crippen LogP contribution in [-0.4, -0.2) is 65.5 Å². The lowest BCUT2D eigenvalue weighted by atomic mass is 10.3. The largest absolute Gasteiger partial charge is 0.370 e. The third kappa shape index (κ3) is 3.84. The molecule has 1 aliphatic carbocycles. The molecule has 2 fully saturated rings. The van der Waals surface area contributed by atoms with Crippen LogP contribution in [0.25, 0.3) is 0 Å². The summed E-state index contributed by atoms with van der Waals surface area (Å²) in [4.78, 5) is 28.4. The molecule has 3 N–H and O–H groups in total. The molecule has 1 saturated heterocycles. The van der Waals surface area contributed by atoms with E-state index in [9.17, 15) is 4.79 Å². The first-order chi connectivity index (χ1) is 10.7. The Bertz CT molecular complexity index is 535. The SMILES string of the molecule is NC(=NCC(=O)NC1CC1)N1CCN(c2ncccn2)CC1. The van der Waals surface area contributed by atoms with E-state index in [1.54, 1.807) is 18.5 Å². The lowest BCUT2D eigenvalue weighted by Gasteiger charge is -2.35. The fourth-order valence-corrected chi connectivity index (χ4v) is 2.34. The fourth-order valence-electron chi connectivity index (χ4n) is 2.34. The Hall–Kier alpha value is -2.38. The van der Waals surface area contributed by atoms with Gasteiger partial charge in [-0.05, 0) is 18.9 Å². The van der Waals surface area contributed by atoms with E-state index < -0.39 is 0 Å². The Morgan fingerprint density at radius 3 is 2.59 bits per heavy atom. The van der Waals surface area contributed by atoms with Crippen molar-refractivity contribution in [3.63, 3.8) is 0 Å². The van der Waals surface area contributed by atoms with Gasteiger partial charge in [0.1, 0.15) is 6.54 Å². The van der Waals surface area contributed by atoms with Gasteiger partial charge >= 0.3 is 0 Å². The lowest BCUT2D eigenvalue weighted by Crippen LogP contribution is -2.51. The maximum atomic E-state index is 11.6. The van der Waals surface area contributed by atoms with Gasteiger partial charge in [-0.15, -0.1) is 0 Å². The highest BCUT2D eigenvalue weighted by molar-refractivity contribution is 5.84. The van der Waals surface area contributed by atoms with Gasteiger partial charge in [-0.3, -0.25) is 4.79 Å². The van der Waals surface area contributed by atoms with Gasteiger partial charge in [0.15, 0.2) is 5.96 Å². The van der Waals surface area contributed by atoms with Crippen molar-refractivity contribution in [1.82, 2.24) is 20.2 Å². The summed E-state index contributed by atoms with van der Waals surface area (Å²) in [5, 5.41) is 2.90. The summed E-state index contributed by atoms with van der Waals surface area (Å²) in [6.07, 6.45) is 5.63. The summed E-state index contributed by atoms with van der Waals surface area (Å²) in [5.74, 6) is 1.11. The molecule has 1 aliphatic heterocycles. The van der Waals surface area contributed by atoms with Crippen LogP contribution in [0.2, 0.25) is 0 Å². The molecule has 8 heteroatoms. The highest BCUT2D eigenvalue weighted by Gasteiger charge is 2.23. The Kier molecular flexibility index (Phi) is 4.36. The van der Waals surface area contributed by atoms with E-state index in [4.69, 9.17) is 5.73 Å². The minimum atomic E-state index is -0.0539. The summed E-state index contributed by atoms with van der Waals surface area (Å²) in [7, 11) is 0. The summed E-state index contributed by atoms with van der Waals surface area (Å²) in [6.45, 7) is 3.17. The molecule has 118 valence electrons. The number of aliphatic imine (C=N–C) groups is 1. The van der Waals surface area contributed by atoms with E-state index in [1.807, 2.05) is 4.90 Å². The lowest BCUT2D eigenvalue weighted by molar-refractivity contribution is -0.119. The third-order valence-electron chi connectivity index (χ3n) is 3.77. The molecule has 0 aromatic carbocycles. The molecule has 2 aliphatic rings. The first-order valence-corrected chi connectivity index (χ1v) is 7.58. The van der Waals surface area contributed by atoms with Gasteiger partial charge in [0, 0.05) is 44.6 Å². The van der Waals surface area contributed by atoms with E-state index in [2.05, 4.69) is 25.2 Å². The van der Waals surface area contributed by atoms with E-state index in [-0.39, 0.29) is 12.5 Å². The zero-order valence-electron chi connectivity index (χ0n) is 12.5. The second-order valence-electron chi connectivity index (χ2n) is 5.54. The van der Waals surface area contributed by atoms with Crippen molar-refractivity contribution in [2.24, 2.45) is 10.7 Å². The number of aromatic nitrogens is 2.